The van der Waals surface area contributed by atoms with Gasteiger partial charge in [0, 0.05) is 35.5 Å². The number of rotatable bonds is 5. The van der Waals surface area contributed by atoms with E-state index in [9.17, 15) is 9.59 Å². The van der Waals surface area contributed by atoms with Crippen molar-refractivity contribution in [3.8, 4) is 0 Å². The minimum atomic E-state index is -0.0102. The zero-order valence-corrected chi connectivity index (χ0v) is 15.5. The van der Waals surface area contributed by atoms with Gasteiger partial charge in [0.05, 0.1) is 11.1 Å². The molecule has 1 aromatic carbocycles. The molecular formula is C18H19N3O2S2. The number of hydrogen-bond donors (Lipinski definition) is 2. The number of nitrogens with zero attached hydrogens (tertiary/aromatic N) is 1. The van der Waals surface area contributed by atoms with Gasteiger partial charge in [-0.1, -0.05) is 11.8 Å². The van der Waals surface area contributed by atoms with Crippen LogP contribution in [0.15, 0.2) is 39.7 Å². The van der Waals surface area contributed by atoms with E-state index in [0.29, 0.717) is 22.5 Å². The lowest BCUT2D eigenvalue weighted by atomic mass is 9.95. The molecular weight excluding hydrogens is 354 g/mol. The molecule has 7 heteroatoms. The molecule has 5 nitrogen and oxygen atoms in total. The van der Waals surface area contributed by atoms with E-state index in [1.54, 1.807) is 13.1 Å². The quantitative estimate of drug-likeness (QED) is 0.788. The second-order valence-electron chi connectivity index (χ2n) is 6.54. The van der Waals surface area contributed by atoms with Crippen LogP contribution in [0.3, 0.4) is 0 Å². The van der Waals surface area contributed by atoms with E-state index in [1.807, 2.05) is 24.3 Å². The number of aromatic nitrogens is 1. The molecule has 2 bridgehead atoms. The molecule has 2 N–H and O–H groups in total. The highest BCUT2D eigenvalue weighted by Crippen LogP contribution is 2.32. The van der Waals surface area contributed by atoms with Crippen LogP contribution in [0.1, 0.15) is 46.2 Å². The summed E-state index contributed by atoms with van der Waals surface area (Å²) in [6.07, 6.45) is 5.03. The first-order valence-electron chi connectivity index (χ1n) is 8.40. The van der Waals surface area contributed by atoms with Crippen molar-refractivity contribution < 1.29 is 9.59 Å². The molecule has 25 heavy (non-hydrogen) atoms. The zero-order chi connectivity index (χ0) is 17.4. The molecule has 2 aromatic rings. The highest BCUT2D eigenvalue weighted by Gasteiger charge is 2.39. The topological polar surface area (TPSA) is 71.1 Å². The lowest BCUT2D eigenvalue weighted by molar-refractivity contribution is 0.0930. The third kappa shape index (κ3) is 3.63. The largest absolute Gasteiger partial charge is 0.348 e. The van der Waals surface area contributed by atoms with Crippen molar-refractivity contribution in [3.05, 3.63) is 40.9 Å². The number of carbonyl (C=O) groups excluding carboxylic acids is 2. The van der Waals surface area contributed by atoms with Gasteiger partial charge in [0.25, 0.3) is 5.91 Å². The van der Waals surface area contributed by atoms with Crippen LogP contribution in [-0.2, 0) is 0 Å². The van der Waals surface area contributed by atoms with Crippen LogP contribution in [0.4, 0.5) is 0 Å². The standard InChI is InChI=1S/C18H19N3O2S2/c1-10(22)16-9-19-18(25-16)24-13-5-2-11(3-6-13)17(23)21-15-8-12-4-7-14(15)20-12/h2-3,5-6,9,12,14-15,20H,4,7-8H2,1H3,(H,21,23). The van der Waals surface area contributed by atoms with E-state index < -0.39 is 0 Å². The molecule has 3 unspecified atom stereocenters. The SMILES string of the molecule is CC(=O)c1cnc(Sc2ccc(C(=O)NC3CC4CCC3N4)cc2)s1. The van der Waals surface area contributed by atoms with Crippen LogP contribution in [-0.4, -0.2) is 34.8 Å². The molecule has 1 aromatic heterocycles. The van der Waals surface area contributed by atoms with Gasteiger partial charge < -0.3 is 10.6 Å². The fourth-order valence-electron chi connectivity index (χ4n) is 3.48. The Morgan fingerprint density at radius 1 is 1.28 bits per heavy atom. The maximum absolute atomic E-state index is 12.4. The van der Waals surface area contributed by atoms with Crippen LogP contribution >= 0.6 is 23.1 Å². The van der Waals surface area contributed by atoms with Crippen molar-refractivity contribution in [2.75, 3.05) is 0 Å². The summed E-state index contributed by atoms with van der Waals surface area (Å²) < 4.78 is 0.829. The minimum absolute atomic E-state index is 0.0102. The van der Waals surface area contributed by atoms with E-state index in [0.717, 1.165) is 22.1 Å². The third-order valence-corrected chi connectivity index (χ3v) is 6.95. The summed E-state index contributed by atoms with van der Waals surface area (Å²) in [5.74, 6) is 0.0236. The van der Waals surface area contributed by atoms with Gasteiger partial charge in [-0.05, 0) is 43.5 Å². The average Bonchev–Trinajstić information content (AvgIpc) is 3.32. The van der Waals surface area contributed by atoms with Crippen molar-refractivity contribution >= 4 is 34.8 Å². The Hall–Kier alpha value is -1.70. The second kappa shape index (κ2) is 6.90. The maximum Gasteiger partial charge on any atom is 0.251 e. The van der Waals surface area contributed by atoms with Crippen molar-refractivity contribution in [1.82, 2.24) is 15.6 Å². The summed E-state index contributed by atoms with van der Waals surface area (Å²) >= 11 is 2.89. The van der Waals surface area contributed by atoms with Gasteiger partial charge in [0.2, 0.25) is 0 Å². The third-order valence-electron chi connectivity index (χ3n) is 4.77. The maximum atomic E-state index is 12.4. The first-order valence-corrected chi connectivity index (χ1v) is 10.0. The number of thiazole rings is 1. The Morgan fingerprint density at radius 2 is 2.08 bits per heavy atom. The second-order valence-corrected chi connectivity index (χ2v) is 8.89. The number of hydrogen-bond acceptors (Lipinski definition) is 6. The highest BCUT2D eigenvalue weighted by molar-refractivity contribution is 8.01. The van der Waals surface area contributed by atoms with Gasteiger partial charge in [0.1, 0.15) is 0 Å². The first-order chi connectivity index (χ1) is 12.1. The molecule has 2 aliphatic rings. The molecule has 130 valence electrons. The van der Waals surface area contributed by atoms with E-state index >= 15 is 0 Å². The number of benzene rings is 1. The fourth-order valence-corrected chi connectivity index (χ4v) is 5.33. The van der Waals surface area contributed by atoms with E-state index in [1.165, 1.54) is 29.5 Å². The van der Waals surface area contributed by atoms with Crippen molar-refractivity contribution in [3.63, 3.8) is 0 Å². The van der Waals surface area contributed by atoms with Gasteiger partial charge in [-0.2, -0.15) is 0 Å². The number of ketones is 1. The minimum Gasteiger partial charge on any atom is -0.348 e. The fraction of sp³-hybridized carbons (Fsp3) is 0.389. The van der Waals surface area contributed by atoms with E-state index in [-0.39, 0.29) is 17.7 Å². The predicted molar refractivity (Wildman–Crippen MR) is 98.5 cm³/mol. The normalized spacial score (nSPS) is 24.4. The van der Waals surface area contributed by atoms with Crippen LogP contribution in [0.2, 0.25) is 0 Å². The summed E-state index contributed by atoms with van der Waals surface area (Å²) in [7, 11) is 0. The molecule has 3 atom stereocenters. The molecule has 2 saturated heterocycles. The number of amides is 1. The number of carbonyl (C=O) groups is 2. The average molecular weight is 374 g/mol. The Balaban J connectivity index is 1.37. The van der Waals surface area contributed by atoms with Crippen LogP contribution in [0, 0.1) is 0 Å². The molecule has 2 aliphatic heterocycles. The predicted octanol–water partition coefficient (Wildman–Crippen LogP) is 3.12. The number of Topliss-reactive ketones (excluding diaryl/α,β-unsaturated/α-hetero) is 1. The smallest absolute Gasteiger partial charge is 0.251 e. The Labute approximate surface area is 154 Å². The van der Waals surface area contributed by atoms with E-state index in [2.05, 4.69) is 15.6 Å². The Morgan fingerprint density at radius 3 is 2.68 bits per heavy atom. The number of nitrogens with one attached hydrogen (secondary N) is 2. The lowest BCUT2D eigenvalue weighted by Crippen LogP contribution is -2.42. The monoisotopic (exact) mass is 373 g/mol. The van der Waals surface area contributed by atoms with Gasteiger partial charge in [-0.15, -0.1) is 11.3 Å². The molecule has 4 rings (SSSR count). The summed E-state index contributed by atoms with van der Waals surface area (Å²) in [5.41, 5.74) is 0.677. The summed E-state index contributed by atoms with van der Waals surface area (Å²) in [4.78, 5) is 29.7. The summed E-state index contributed by atoms with van der Waals surface area (Å²) in [6, 6.07) is 8.80. The Kier molecular flexibility index (Phi) is 4.62. The molecule has 0 saturated carbocycles. The van der Waals surface area contributed by atoms with Gasteiger partial charge >= 0.3 is 0 Å². The van der Waals surface area contributed by atoms with Crippen molar-refractivity contribution in [1.29, 1.82) is 0 Å². The molecule has 3 heterocycles. The summed E-state index contributed by atoms with van der Waals surface area (Å²) in [6.45, 7) is 1.54. The van der Waals surface area contributed by atoms with E-state index in [4.69, 9.17) is 0 Å². The zero-order valence-electron chi connectivity index (χ0n) is 13.8. The Bertz CT molecular complexity index is 803. The molecule has 2 fully saturated rings. The molecule has 0 aliphatic carbocycles. The molecule has 0 spiro atoms. The molecule has 0 radical (unpaired) electrons. The number of fused-ring (bicyclic) bond motifs is 2. The van der Waals surface area contributed by atoms with Gasteiger partial charge in [0.15, 0.2) is 10.1 Å². The van der Waals surface area contributed by atoms with Gasteiger partial charge in [-0.3, -0.25) is 9.59 Å². The van der Waals surface area contributed by atoms with Crippen molar-refractivity contribution in [2.24, 2.45) is 0 Å². The lowest BCUT2D eigenvalue weighted by Gasteiger charge is -2.21. The highest BCUT2D eigenvalue weighted by atomic mass is 32.2. The van der Waals surface area contributed by atoms with Crippen molar-refractivity contribution in [2.45, 2.75) is 53.5 Å². The van der Waals surface area contributed by atoms with Crippen LogP contribution in [0.25, 0.3) is 0 Å². The first kappa shape index (κ1) is 16.8. The molecule has 1 amide bonds. The van der Waals surface area contributed by atoms with Crippen LogP contribution in [0.5, 0.6) is 0 Å². The van der Waals surface area contributed by atoms with Crippen LogP contribution < -0.4 is 10.6 Å². The summed E-state index contributed by atoms with van der Waals surface area (Å²) in [5, 5.41) is 6.69. The van der Waals surface area contributed by atoms with Gasteiger partial charge in [-0.25, -0.2) is 4.98 Å².